The van der Waals surface area contributed by atoms with Crippen LogP contribution in [-0.2, 0) is 22.7 Å². The minimum absolute atomic E-state index is 0.162. The van der Waals surface area contributed by atoms with E-state index in [1.165, 1.54) is 0 Å². The molecule has 2 rings (SSSR count). The predicted octanol–water partition coefficient (Wildman–Crippen LogP) is 2.41. The third-order valence-corrected chi connectivity index (χ3v) is 3.42. The molecule has 0 aliphatic rings. The Bertz CT molecular complexity index is 707. The second-order valence-electron chi connectivity index (χ2n) is 5.45. The average molecular weight is 357 g/mol. The van der Waals surface area contributed by atoms with E-state index < -0.39 is 6.09 Å². The Morgan fingerprint density at radius 3 is 2.65 bits per heavy atom. The summed E-state index contributed by atoms with van der Waals surface area (Å²) in [6, 6.07) is 13.4. The SMILES string of the molecule is CCOC(=O)NCCC(=O)NCc1ccnc(OCc2ccccc2)c1. The van der Waals surface area contributed by atoms with Gasteiger partial charge in [0.15, 0.2) is 0 Å². The molecule has 0 radical (unpaired) electrons. The molecule has 1 aromatic heterocycles. The van der Waals surface area contributed by atoms with Crippen LogP contribution in [0.15, 0.2) is 48.7 Å². The van der Waals surface area contributed by atoms with Crippen molar-refractivity contribution >= 4 is 12.0 Å². The molecule has 0 spiro atoms. The van der Waals surface area contributed by atoms with Crippen molar-refractivity contribution in [3.8, 4) is 5.88 Å². The summed E-state index contributed by atoms with van der Waals surface area (Å²) >= 11 is 0. The highest BCUT2D eigenvalue weighted by molar-refractivity contribution is 5.77. The van der Waals surface area contributed by atoms with Gasteiger partial charge in [-0.05, 0) is 24.1 Å². The quantitative estimate of drug-likeness (QED) is 0.719. The fourth-order valence-corrected chi connectivity index (χ4v) is 2.12. The van der Waals surface area contributed by atoms with E-state index >= 15 is 0 Å². The van der Waals surface area contributed by atoms with Crippen LogP contribution in [0.25, 0.3) is 0 Å². The number of pyridine rings is 1. The smallest absolute Gasteiger partial charge is 0.407 e. The van der Waals surface area contributed by atoms with Gasteiger partial charge in [0.2, 0.25) is 11.8 Å². The molecule has 2 aromatic rings. The number of nitrogens with one attached hydrogen (secondary N) is 2. The summed E-state index contributed by atoms with van der Waals surface area (Å²) in [6.45, 7) is 3.05. The molecular weight excluding hydrogens is 334 g/mol. The van der Waals surface area contributed by atoms with Gasteiger partial charge in [-0.15, -0.1) is 0 Å². The maximum atomic E-state index is 11.8. The molecule has 26 heavy (non-hydrogen) atoms. The van der Waals surface area contributed by atoms with E-state index in [9.17, 15) is 9.59 Å². The Morgan fingerprint density at radius 1 is 1.08 bits per heavy atom. The number of aromatic nitrogens is 1. The molecule has 7 heteroatoms. The molecule has 1 aromatic carbocycles. The molecule has 1 heterocycles. The third-order valence-electron chi connectivity index (χ3n) is 3.42. The van der Waals surface area contributed by atoms with Gasteiger partial charge in [-0.25, -0.2) is 9.78 Å². The molecule has 0 saturated heterocycles. The second kappa shape index (κ2) is 10.7. The van der Waals surface area contributed by atoms with Crippen LogP contribution in [0.5, 0.6) is 5.88 Å². The number of nitrogens with zero attached hydrogens (tertiary/aromatic N) is 1. The maximum absolute atomic E-state index is 11.8. The summed E-state index contributed by atoms with van der Waals surface area (Å²) in [5.41, 5.74) is 1.94. The van der Waals surface area contributed by atoms with Crippen LogP contribution in [-0.4, -0.2) is 30.1 Å². The first-order valence-corrected chi connectivity index (χ1v) is 8.46. The van der Waals surface area contributed by atoms with Gasteiger partial charge in [-0.1, -0.05) is 30.3 Å². The maximum Gasteiger partial charge on any atom is 0.407 e. The number of amides is 2. The number of hydrogen-bond donors (Lipinski definition) is 2. The standard InChI is InChI=1S/C19H23N3O4/c1-2-25-19(24)21-11-9-17(23)22-13-16-8-10-20-18(12-16)26-14-15-6-4-3-5-7-15/h3-8,10,12H,2,9,11,13-14H2,1H3,(H,21,24)(H,22,23). The van der Waals surface area contributed by atoms with E-state index in [-0.39, 0.29) is 18.9 Å². The molecule has 0 fully saturated rings. The summed E-state index contributed by atoms with van der Waals surface area (Å²) in [7, 11) is 0. The Hall–Kier alpha value is -3.09. The van der Waals surface area contributed by atoms with Crippen molar-refractivity contribution in [2.75, 3.05) is 13.2 Å². The zero-order valence-corrected chi connectivity index (χ0v) is 14.7. The van der Waals surface area contributed by atoms with E-state index in [1.54, 1.807) is 19.2 Å². The fourth-order valence-electron chi connectivity index (χ4n) is 2.12. The lowest BCUT2D eigenvalue weighted by atomic mass is 10.2. The van der Waals surface area contributed by atoms with Gasteiger partial charge in [0.25, 0.3) is 0 Å². The first-order chi connectivity index (χ1) is 12.7. The monoisotopic (exact) mass is 357 g/mol. The van der Waals surface area contributed by atoms with Crippen LogP contribution in [0, 0.1) is 0 Å². The number of alkyl carbamates (subject to hydrolysis) is 1. The molecule has 0 unspecified atom stereocenters. The lowest BCUT2D eigenvalue weighted by Gasteiger charge is -2.09. The highest BCUT2D eigenvalue weighted by Gasteiger charge is 2.05. The molecule has 2 N–H and O–H groups in total. The molecule has 0 aliphatic heterocycles. The first-order valence-electron chi connectivity index (χ1n) is 8.46. The Kier molecular flexibility index (Phi) is 7.92. The molecule has 0 saturated carbocycles. The summed E-state index contributed by atoms with van der Waals surface area (Å²) in [5, 5.41) is 5.29. The van der Waals surface area contributed by atoms with Crippen LogP contribution in [0.2, 0.25) is 0 Å². The van der Waals surface area contributed by atoms with E-state index in [2.05, 4.69) is 15.6 Å². The van der Waals surface area contributed by atoms with Gasteiger partial charge in [0.05, 0.1) is 6.61 Å². The number of ether oxygens (including phenoxy) is 2. The van der Waals surface area contributed by atoms with Crippen LogP contribution in [0.1, 0.15) is 24.5 Å². The zero-order valence-electron chi connectivity index (χ0n) is 14.7. The van der Waals surface area contributed by atoms with E-state index in [4.69, 9.17) is 9.47 Å². The third kappa shape index (κ3) is 7.21. The summed E-state index contributed by atoms with van der Waals surface area (Å²) in [5.74, 6) is 0.343. The lowest BCUT2D eigenvalue weighted by molar-refractivity contribution is -0.121. The molecule has 0 aliphatic carbocycles. The van der Waals surface area contributed by atoms with E-state index in [0.717, 1.165) is 11.1 Å². The highest BCUT2D eigenvalue weighted by Crippen LogP contribution is 2.11. The normalized spacial score (nSPS) is 10.0. The van der Waals surface area contributed by atoms with Gasteiger partial charge < -0.3 is 20.1 Å². The number of hydrogen-bond acceptors (Lipinski definition) is 5. The van der Waals surface area contributed by atoms with E-state index in [0.29, 0.717) is 25.6 Å². The number of carbonyl (C=O) groups is 2. The van der Waals surface area contributed by atoms with Crippen LogP contribution in [0.3, 0.4) is 0 Å². The number of carbonyl (C=O) groups excluding carboxylic acids is 2. The summed E-state index contributed by atoms with van der Waals surface area (Å²) < 4.78 is 10.4. The van der Waals surface area contributed by atoms with Crippen LogP contribution >= 0.6 is 0 Å². The number of rotatable bonds is 9. The highest BCUT2D eigenvalue weighted by atomic mass is 16.5. The van der Waals surface area contributed by atoms with Crippen molar-refractivity contribution in [3.63, 3.8) is 0 Å². The van der Waals surface area contributed by atoms with Crippen LogP contribution in [0.4, 0.5) is 4.79 Å². The molecule has 138 valence electrons. The average Bonchev–Trinajstić information content (AvgIpc) is 2.66. The van der Waals surface area contributed by atoms with Crippen molar-refractivity contribution in [2.24, 2.45) is 0 Å². The predicted molar refractivity (Wildman–Crippen MR) is 96.5 cm³/mol. The Balaban J connectivity index is 1.72. The van der Waals surface area contributed by atoms with Gasteiger partial charge in [-0.2, -0.15) is 0 Å². The van der Waals surface area contributed by atoms with Crippen molar-refractivity contribution < 1.29 is 19.1 Å². The molecular formula is C19H23N3O4. The topological polar surface area (TPSA) is 89.5 Å². The minimum atomic E-state index is -0.519. The largest absolute Gasteiger partial charge is 0.473 e. The molecule has 2 amide bonds. The van der Waals surface area contributed by atoms with Gasteiger partial charge in [-0.3, -0.25) is 4.79 Å². The van der Waals surface area contributed by atoms with Gasteiger partial charge in [0.1, 0.15) is 6.61 Å². The first kappa shape index (κ1) is 19.2. The minimum Gasteiger partial charge on any atom is -0.473 e. The summed E-state index contributed by atoms with van der Waals surface area (Å²) in [6.07, 6.45) is 1.31. The van der Waals surface area contributed by atoms with Crippen LogP contribution < -0.4 is 15.4 Å². The molecule has 0 atom stereocenters. The Labute approximate surface area is 152 Å². The molecule has 0 bridgehead atoms. The Morgan fingerprint density at radius 2 is 1.88 bits per heavy atom. The van der Waals surface area contributed by atoms with Crippen molar-refractivity contribution in [2.45, 2.75) is 26.5 Å². The molecule has 7 nitrogen and oxygen atoms in total. The van der Waals surface area contributed by atoms with Crippen molar-refractivity contribution in [1.82, 2.24) is 15.6 Å². The van der Waals surface area contributed by atoms with Gasteiger partial charge >= 0.3 is 6.09 Å². The van der Waals surface area contributed by atoms with Gasteiger partial charge in [0, 0.05) is 31.8 Å². The van der Waals surface area contributed by atoms with Crippen molar-refractivity contribution in [1.29, 1.82) is 0 Å². The second-order valence-corrected chi connectivity index (χ2v) is 5.45. The van der Waals surface area contributed by atoms with Crippen molar-refractivity contribution in [3.05, 3.63) is 59.8 Å². The lowest BCUT2D eigenvalue weighted by Crippen LogP contribution is -2.30. The fraction of sp³-hybridized carbons (Fsp3) is 0.316. The summed E-state index contributed by atoms with van der Waals surface area (Å²) in [4.78, 5) is 27.1. The van der Waals surface area contributed by atoms with E-state index in [1.807, 2.05) is 36.4 Å². The number of benzene rings is 1. The zero-order chi connectivity index (χ0) is 18.6.